The highest BCUT2D eigenvalue weighted by atomic mass is 32.1. The molecule has 1 aromatic heterocycles. The van der Waals surface area contributed by atoms with Gasteiger partial charge in [-0.1, -0.05) is 36.4 Å². The topological polar surface area (TPSA) is 78.4 Å². The third kappa shape index (κ3) is 4.41. The van der Waals surface area contributed by atoms with E-state index in [1.807, 2.05) is 41.8 Å². The third-order valence-electron chi connectivity index (χ3n) is 3.18. The zero-order chi connectivity index (χ0) is 15.9. The summed E-state index contributed by atoms with van der Waals surface area (Å²) in [5.74, 6) is -1.46. The fraction of sp³-hybridized carbons (Fsp3) is 0.250. The molecule has 1 aromatic carbocycles. The second-order valence-corrected chi connectivity index (χ2v) is 5.83. The first kappa shape index (κ1) is 16.2. The van der Waals surface area contributed by atoms with Crippen molar-refractivity contribution in [3.05, 3.63) is 58.3 Å². The molecule has 2 rings (SSSR count). The van der Waals surface area contributed by atoms with E-state index in [1.165, 1.54) is 11.3 Å². The molecule has 22 heavy (non-hydrogen) atoms. The Hall–Kier alpha value is -2.18. The van der Waals surface area contributed by atoms with Crippen LogP contribution >= 0.6 is 11.3 Å². The molecule has 1 heterocycles. The zero-order valence-corrected chi connectivity index (χ0v) is 13.0. The summed E-state index contributed by atoms with van der Waals surface area (Å²) in [5.41, 5.74) is 0.919. The molecule has 2 aromatic rings. The Morgan fingerprint density at radius 3 is 2.50 bits per heavy atom. The lowest BCUT2D eigenvalue weighted by atomic mass is 10.1. The Labute approximate surface area is 133 Å². The van der Waals surface area contributed by atoms with E-state index >= 15 is 0 Å². The Bertz CT molecular complexity index is 614. The molecule has 2 amide bonds. The maximum Gasteiger partial charge on any atom is 0.309 e. The number of aliphatic hydroxyl groups excluding tert-OH is 1. The van der Waals surface area contributed by atoms with E-state index in [0.717, 1.165) is 10.4 Å². The average Bonchev–Trinajstić information content (AvgIpc) is 3.07. The summed E-state index contributed by atoms with van der Waals surface area (Å²) in [4.78, 5) is 24.3. The number of aliphatic hydroxyl groups is 1. The molecule has 0 saturated carbocycles. The number of benzene rings is 1. The fourth-order valence-corrected chi connectivity index (χ4v) is 2.65. The highest BCUT2D eigenvalue weighted by Crippen LogP contribution is 2.17. The minimum Gasteiger partial charge on any atom is -0.386 e. The van der Waals surface area contributed by atoms with Gasteiger partial charge >= 0.3 is 11.8 Å². The molecule has 0 fully saturated rings. The van der Waals surface area contributed by atoms with Crippen molar-refractivity contribution in [3.63, 3.8) is 0 Å². The lowest BCUT2D eigenvalue weighted by Crippen LogP contribution is -2.42. The predicted octanol–water partition coefficient (Wildman–Crippen LogP) is 1.78. The van der Waals surface area contributed by atoms with Gasteiger partial charge < -0.3 is 15.7 Å². The van der Waals surface area contributed by atoms with Crippen molar-refractivity contribution < 1.29 is 14.7 Å². The largest absolute Gasteiger partial charge is 0.386 e. The Morgan fingerprint density at radius 1 is 1.14 bits per heavy atom. The summed E-state index contributed by atoms with van der Waals surface area (Å²) in [5, 5.41) is 16.8. The average molecular weight is 318 g/mol. The number of hydrogen-bond donors (Lipinski definition) is 3. The van der Waals surface area contributed by atoms with Crippen LogP contribution in [-0.2, 0) is 9.59 Å². The van der Waals surface area contributed by atoms with Crippen LogP contribution in [0.15, 0.2) is 47.8 Å². The van der Waals surface area contributed by atoms with Gasteiger partial charge in [-0.25, -0.2) is 0 Å². The van der Waals surface area contributed by atoms with Crippen LogP contribution in [0.5, 0.6) is 0 Å². The highest BCUT2D eigenvalue weighted by Gasteiger charge is 2.18. The molecule has 5 nitrogen and oxygen atoms in total. The summed E-state index contributed by atoms with van der Waals surface area (Å²) in [6.07, 6.45) is -0.803. The number of thiophene rings is 1. The smallest absolute Gasteiger partial charge is 0.309 e. The van der Waals surface area contributed by atoms with Gasteiger partial charge in [-0.15, -0.1) is 11.3 Å². The van der Waals surface area contributed by atoms with Crippen LogP contribution in [0.25, 0.3) is 0 Å². The lowest BCUT2D eigenvalue weighted by molar-refractivity contribution is -0.139. The number of hydrogen-bond acceptors (Lipinski definition) is 4. The van der Waals surface area contributed by atoms with Gasteiger partial charge in [-0.2, -0.15) is 0 Å². The molecule has 0 bridgehead atoms. The molecule has 0 aliphatic rings. The van der Waals surface area contributed by atoms with Crippen molar-refractivity contribution in [1.82, 2.24) is 10.6 Å². The highest BCUT2D eigenvalue weighted by molar-refractivity contribution is 7.10. The quantitative estimate of drug-likeness (QED) is 0.735. The van der Waals surface area contributed by atoms with Gasteiger partial charge in [0, 0.05) is 11.4 Å². The second-order valence-electron chi connectivity index (χ2n) is 4.85. The third-order valence-corrected chi connectivity index (χ3v) is 4.15. The first-order chi connectivity index (χ1) is 10.6. The molecule has 0 spiro atoms. The van der Waals surface area contributed by atoms with E-state index in [9.17, 15) is 14.7 Å². The first-order valence-electron chi connectivity index (χ1n) is 6.93. The molecule has 3 N–H and O–H groups in total. The molecule has 0 unspecified atom stereocenters. The minimum absolute atomic E-state index is 0.00643. The predicted molar refractivity (Wildman–Crippen MR) is 85.3 cm³/mol. The van der Waals surface area contributed by atoms with Crippen molar-refractivity contribution >= 4 is 23.2 Å². The van der Waals surface area contributed by atoms with Crippen LogP contribution in [0.2, 0.25) is 0 Å². The Morgan fingerprint density at radius 2 is 1.86 bits per heavy atom. The number of carbonyl (C=O) groups excluding carboxylic acids is 2. The lowest BCUT2D eigenvalue weighted by Gasteiger charge is -2.15. The maximum atomic E-state index is 11.8. The van der Waals surface area contributed by atoms with Crippen molar-refractivity contribution in [2.45, 2.75) is 19.1 Å². The number of rotatable bonds is 5. The van der Waals surface area contributed by atoms with Gasteiger partial charge in [0.2, 0.25) is 0 Å². The number of carbonyl (C=O) groups is 2. The van der Waals surface area contributed by atoms with Crippen LogP contribution in [-0.4, -0.2) is 23.5 Å². The molecule has 0 radical (unpaired) electrons. The minimum atomic E-state index is -0.803. The number of nitrogens with one attached hydrogen (secondary N) is 2. The van der Waals surface area contributed by atoms with Crippen LogP contribution in [0.1, 0.15) is 29.5 Å². The van der Waals surface area contributed by atoms with Gasteiger partial charge in [-0.05, 0) is 23.9 Å². The van der Waals surface area contributed by atoms with Gasteiger partial charge in [0.25, 0.3) is 0 Å². The molecule has 0 aliphatic heterocycles. The van der Waals surface area contributed by atoms with E-state index < -0.39 is 17.9 Å². The van der Waals surface area contributed by atoms with Crippen molar-refractivity contribution in [2.24, 2.45) is 0 Å². The van der Waals surface area contributed by atoms with E-state index in [4.69, 9.17) is 0 Å². The molecular formula is C16H18N2O3S. The van der Waals surface area contributed by atoms with Crippen molar-refractivity contribution in [3.8, 4) is 0 Å². The van der Waals surface area contributed by atoms with E-state index in [2.05, 4.69) is 10.6 Å². The molecular weight excluding hydrogens is 300 g/mol. The normalized spacial score (nSPS) is 13.2. The summed E-state index contributed by atoms with van der Waals surface area (Å²) >= 11 is 1.40. The molecule has 6 heteroatoms. The van der Waals surface area contributed by atoms with Crippen molar-refractivity contribution in [1.29, 1.82) is 0 Å². The Kier molecular flexibility index (Phi) is 5.68. The van der Waals surface area contributed by atoms with Gasteiger partial charge in [0.15, 0.2) is 0 Å². The standard InChI is InChI=1S/C16H18N2O3S/c1-11(12-6-3-2-4-7-12)18-16(21)15(20)17-10-13(19)14-8-5-9-22-14/h2-9,11,13,19H,10H2,1H3,(H,17,20)(H,18,21)/t11-,13+/m1/s1. The van der Waals surface area contributed by atoms with Gasteiger partial charge in [-0.3, -0.25) is 9.59 Å². The van der Waals surface area contributed by atoms with Crippen LogP contribution in [0.3, 0.4) is 0 Å². The number of amides is 2. The first-order valence-corrected chi connectivity index (χ1v) is 7.81. The zero-order valence-electron chi connectivity index (χ0n) is 12.2. The molecule has 2 atom stereocenters. The molecule has 0 aliphatic carbocycles. The summed E-state index contributed by atoms with van der Waals surface area (Å²) in [6.45, 7) is 1.81. The van der Waals surface area contributed by atoms with Crippen molar-refractivity contribution in [2.75, 3.05) is 6.54 Å². The molecule has 0 saturated heterocycles. The maximum absolute atomic E-state index is 11.8. The van der Waals surface area contributed by atoms with Crippen LogP contribution in [0, 0.1) is 0 Å². The van der Waals surface area contributed by atoms with Gasteiger partial charge in [0.05, 0.1) is 6.04 Å². The van der Waals surface area contributed by atoms with E-state index in [0.29, 0.717) is 0 Å². The van der Waals surface area contributed by atoms with Crippen LogP contribution in [0.4, 0.5) is 0 Å². The SMILES string of the molecule is C[C@@H](NC(=O)C(=O)NC[C@H](O)c1cccs1)c1ccccc1. The van der Waals surface area contributed by atoms with E-state index in [1.54, 1.807) is 13.0 Å². The molecule has 116 valence electrons. The summed E-state index contributed by atoms with van der Waals surface area (Å²) < 4.78 is 0. The Balaban J connectivity index is 1.81. The monoisotopic (exact) mass is 318 g/mol. The van der Waals surface area contributed by atoms with Crippen LogP contribution < -0.4 is 10.6 Å². The fourth-order valence-electron chi connectivity index (χ4n) is 1.94. The van der Waals surface area contributed by atoms with E-state index in [-0.39, 0.29) is 12.6 Å². The van der Waals surface area contributed by atoms with Gasteiger partial charge in [0.1, 0.15) is 6.10 Å². The summed E-state index contributed by atoms with van der Waals surface area (Å²) in [6, 6.07) is 12.7. The summed E-state index contributed by atoms with van der Waals surface area (Å²) in [7, 11) is 0. The second kappa shape index (κ2) is 7.72.